The van der Waals surface area contributed by atoms with Crippen LogP contribution in [0.1, 0.15) is 25.7 Å². The van der Waals surface area contributed by atoms with Crippen molar-refractivity contribution in [2.75, 3.05) is 5.32 Å². The van der Waals surface area contributed by atoms with Gasteiger partial charge in [0.25, 0.3) is 5.56 Å². The minimum Gasteiger partial charge on any atom is -0.367 e. The molecule has 0 atom stereocenters. The van der Waals surface area contributed by atoms with E-state index < -0.39 is 17.3 Å². The highest BCUT2D eigenvalue weighted by Gasteiger charge is 2.24. The number of aromatic amines is 2. The molecule has 0 radical (unpaired) electrons. The van der Waals surface area contributed by atoms with Crippen molar-refractivity contribution < 1.29 is 4.79 Å². The maximum Gasteiger partial charge on any atom is 0.328 e. The van der Waals surface area contributed by atoms with Crippen molar-refractivity contribution in [3.05, 3.63) is 63.6 Å². The van der Waals surface area contributed by atoms with Crippen LogP contribution >= 0.6 is 0 Å². The quantitative estimate of drug-likeness (QED) is 0.400. The predicted molar refractivity (Wildman–Crippen MR) is 116 cm³/mol. The van der Waals surface area contributed by atoms with Gasteiger partial charge in [-0.2, -0.15) is 0 Å². The Morgan fingerprint density at radius 3 is 2.61 bits per heavy atom. The lowest BCUT2D eigenvalue weighted by Gasteiger charge is -2.30. The van der Waals surface area contributed by atoms with Crippen molar-refractivity contribution in [1.82, 2.24) is 29.8 Å². The van der Waals surface area contributed by atoms with Crippen molar-refractivity contribution in [1.29, 1.82) is 0 Å². The minimum atomic E-state index is -0.680. The number of anilines is 1. The smallest absolute Gasteiger partial charge is 0.328 e. The molecule has 0 aliphatic heterocycles. The number of pyridine rings is 1. The van der Waals surface area contributed by atoms with Gasteiger partial charge in [-0.15, -0.1) is 0 Å². The number of nitrogens with one attached hydrogen (secondary N) is 4. The summed E-state index contributed by atoms with van der Waals surface area (Å²) in [5, 5.41) is 7.57. The van der Waals surface area contributed by atoms with Gasteiger partial charge < -0.3 is 10.6 Å². The number of imidazole rings is 1. The number of rotatable bonds is 3. The van der Waals surface area contributed by atoms with Crippen molar-refractivity contribution in [2.24, 2.45) is 0 Å². The molecular formula is C21H21N7O3. The number of carbonyl (C=O) groups is 1. The molecule has 4 N–H and O–H groups in total. The van der Waals surface area contributed by atoms with Crippen LogP contribution in [0.2, 0.25) is 0 Å². The SMILES string of the molecule is O=C(NC1CCC(Nc2ccc3ccccc3n2)CC1)n1cnc2c(=O)[nH]c(=O)[nH]c21. The van der Waals surface area contributed by atoms with Gasteiger partial charge in [-0.25, -0.2) is 24.1 Å². The van der Waals surface area contributed by atoms with E-state index in [1.807, 2.05) is 30.3 Å². The van der Waals surface area contributed by atoms with E-state index >= 15 is 0 Å². The normalized spacial score (nSPS) is 18.8. The maximum absolute atomic E-state index is 12.7. The summed E-state index contributed by atoms with van der Waals surface area (Å²) in [7, 11) is 0. The summed E-state index contributed by atoms with van der Waals surface area (Å²) in [6.07, 6.45) is 4.63. The lowest BCUT2D eigenvalue weighted by Crippen LogP contribution is -2.42. The zero-order valence-electron chi connectivity index (χ0n) is 16.6. The molecule has 31 heavy (non-hydrogen) atoms. The van der Waals surface area contributed by atoms with Crippen LogP contribution in [0, 0.1) is 0 Å². The molecule has 3 aromatic heterocycles. The largest absolute Gasteiger partial charge is 0.367 e. The Kier molecular flexibility index (Phi) is 4.73. The van der Waals surface area contributed by atoms with Gasteiger partial charge in [0.2, 0.25) is 0 Å². The number of nitrogens with zero attached hydrogens (tertiary/aromatic N) is 3. The predicted octanol–water partition coefficient (Wildman–Crippen LogP) is 1.94. The second-order valence-corrected chi connectivity index (χ2v) is 7.75. The first-order valence-electron chi connectivity index (χ1n) is 10.2. The van der Waals surface area contributed by atoms with Gasteiger partial charge in [0, 0.05) is 17.5 Å². The number of carbonyl (C=O) groups excluding carboxylic acids is 1. The second-order valence-electron chi connectivity index (χ2n) is 7.75. The van der Waals surface area contributed by atoms with Crippen molar-refractivity contribution in [2.45, 2.75) is 37.8 Å². The number of hydrogen-bond donors (Lipinski definition) is 4. The molecule has 4 aromatic rings. The molecule has 0 saturated heterocycles. The number of fused-ring (bicyclic) bond motifs is 2. The Morgan fingerprint density at radius 1 is 1.00 bits per heavy atom. The van der Waals surface area contributed by atoms with E-state index in [-0.39, 0.29) is 23.2 Å². The molecule has 0 unspecified atom stereocenters. The topological polar surface area (TPSA) is 138 Å². The standard InChI is InChI=1S/C21H21N7O3/c29-19-17-18(26-20(30)27-19)28(11-22-17)21(31)24-14-8-6-13(7-9-14)23-16-10-5-12-3-1-2-4-15(12)25-16/h1-5,10-11,13-14H,6-9H2,(H,23,25)(H,24,31)(H2,26,27,29,30). The summed E-state index contributed by atoms with van der Waals surface area (Å²) in [5.41, 5.74) is -0.243. The third-order valence-corrected chi connectivity index (χ3v) is 5.67. The van der Waals surface area contributed by atoms with Crippen LogP contribution in [0.5, 0.6) is 0 Å². The van der Waals surface area contributed by atoms with E-state index in [1.54, 1.807) is 0 Å². The first kappa shape index (κ1) is 19.0. The molecular weight excluding hydrogens is 398 g/mol. The van der Waals surface area contributed by atoms with Crippen molar-refractivity contribution >= 4 is 33.9 Å². The molecule has 5 rings (SSSR count). The molecule has 158 valence electrons. The fraction of sp³-hybridized carbons (Fsp3) is 0.286. The van der Waals surface area contributed by atoms with E-state index in [9.17, 15) is 14.4 Å². The van der Waals surface area contributed by atoms with Crippen molar-refractivity contribution in [3.8, 4) is 0 Å². The molecule has 0 bridgehead atoms. The summed E-state index contributed by atoms with van der Waals surface area (Å²) in [4.78, 5) is 49.1. The molecule has 1 amide bonds. The lowest BCUT2D eigenvalue weighted by molar-refractivity contribution is 0.234. The number of aromatic nitrogens is 5. The van der Waals surface area contributed by atoms with Gasteiger partial charge in [0.1, 0.15) is 12.1 Å². The highest BCUT2D eigenvalue weighted by atomic mass is 16.2. The van der Waals surface area contributed by atoms with E-state index in [2.05, 4.69) is 36.6 Å². The molecule has 1 aromatic carbocycles. The van der Waals surface area contributed by atoms with Gasteiger partial charge >= 0.3 is 11.7 Å². The van der Waals surface area contributed by atoms with Gasteiger partial charge in [0.05, 0.1) is 5.52 Å². The summed E-state index contributed by atoms with van der Waals surface area (Å²) < 4.78 is 1.16. The third-order valence-electron chi connectivity index (χ3n) is 5.67. The van der Waals surface area contributed by atoms with Crippen LogP contribution in [-0.4, -0.2) is 42.6 Å². The van der Waals surface area contributed by atoms with E-state index in [0.29, 0.717) is 0 Å². The average molecular weight is 419 g/mol. The fourth-order valence-electron chi connectivity index (χ4n) is 4.07. The Bertz CT molecular complexity index is 1380. The Morgan fingerprint density at radius 2 is 1.77 bits per heavy atom. The molecule has 10 nitrogen and oxygen atoms in total. The van der Waals surface area contributed by atoms with Crippen LogP contribution in [0.4, 0.5) is 10.6 Å². The number of para-hydroxylation sites is 1. The van der Waals surface area contributed by atoms with Gasteiger partial charge in [-0.1, -0.05) is 18.2 Å². The summed E-state index contributed by atoms with van der Waals surface area (Å²) >= 11 is 0. The van der Waals surface area contributed by atoms with E-state index in [1.165, 1.54) is 6.33 Å². The first-order chi connectivity index (χ1) is 15.1. The van der Waals surface area contributed by atoms with Crippen LogP contribution in [0.3, 0.4) is 0 Å². The maximum atomic E-state index is 12.7. The highest BCUT2D eigenvalue weighted by molar-refractivity contribution is 5.86. The average Bonchev–Trinajstić information content (AvgIpc) is 3.19. The molecule has 3 heterocycles. The van der Waals surface area contributed by atoms with Crippen molar-refractivity contribution in [3.63, 3.8) is 0 Å². The van der Waals surface area contributed by atoms with Gasteiger partial charge in [-0.3, -0.25) is 14.8 Å². The number of H-pyrrole nitrogens is 2. The summed E-state index contributed by atoms with van der Waals surface area (Å²) in [6, 6.07) is 11.9. The van der Waals surface area contributed by atoms with Crippen LogP contribution in [0.25, 0.3) is 22.1 Å². The molecule has 0 spiro atoms. The Balaban J connectivity index is 1.21. The number of amides is 1. The van der Waals surface area contributed by atoms with Crippen LogP contribution in [-0.2, 0) is 0 Å². The molecule has 1 saturated carbocycles. The van der Waals surface area contributed by atoms with Crippen LogP contribution in [0.15, 0.2) is 52.3 Å². The summed E-state index contributed by atoms with van der Waals surface area (Å²) in [6.45, 7) is 0. The molecule has 10 heteroatoms. The van der Waals surface area contributed by atoms with E-state index in [4.69, 9.17) is 0 Å². The summed E-state index contributed by atoms with van der Waals surface area (Å²) in [5.74, 6) is 0.852. The molecule has 1 aliphatic carbocycles. The minimum absolute atomic E-state index is 0.00119. The second kappa shape index (κ2) is 7.71. The number of hydrogen-bond acceptors (Lipinski definition) is 6. The monoisotopic (exact) mass is 419 g/mol. The van der Waals surface area contributed by atoms with Gasteiger partial charge in [-0.05, 0) is 43.9 Å². The fourth-order valence-corrected chi connectivity index (χ4v) is 4.07. The zero-order chi connectivity index (χ0) is 21.4. The first-order valence-corrected chi connectivity index (χ1v) is 10.2. The zero-order valence-corrected chi connectivity index (χ0v) is 16.6. The lowest BCUT2D eigenvalue weighted by atomic mass is 9.91. The molecule has 1 fully saturated rings. The highest BCUT2D eigenvalue weighted by Crippen LogP contribution is 2.23. The van der Waals surface area contributed by atoms with Crippen LogP contribution < -0.4 is 21.9 Å². The van der Waals surface area contributed by atoms with Gasteiger partial charge in [0.15, 0.2) is 11.2 Å². The van der Waals surface area contributed by atoms with E-state index in [0.717, 1.165) is 47.0 Å². The third kappa shape index (κ3) is 3.79. The Hall–Kier alpha value is -3.95. The number of benzene rings is 1. The Labute approximate surface area is 175 Å². The molecule has 1 aliphatic rings.